The summed E-state index contributed by atoms with van der Waals surface area (Å²) in [4.78, 5) is 14.2. The van der Waals surface area contributed by atoms with Crippen LogP contribution in [0.5, 0.6) is 0 Å². The van der Waals surface area contributed by atoms with Gasteiger partial charge in [-0.1, -0.05) is 32.9 Å². The smallest absolute Gasteiger partial charge is 0.248 e. The minimum Gasteiger partial charge on any atom is -0.366 e. The molecule has 25 heavy (non-hydrogen) atoms. The van der Waals surface area contributed by atoms with E-state index in [0.717, 1.165) is 19.6 Å². The molecule has 2 bridgehead atoms. The Labute approximate surface area is 152 Å². The van der Waals surface area contributed by atoms with E-state index in [2.05, 4.69) is 37.1 Å². The van der Waals surface area contributed by atoms with E-state index < -0.39 is 0 Å². The van der Waals surface area contributed by atoms with Crippen molar-refractivity contribution in [3.63, 3.8) is 0 Å². The maximum absolute atomic E-state index is 11.5. The molecule has 1 aromatic rings. The summed E-state index contributed by atoms with van der Waals surface area (Å²) in [5.41, 5.74) is 7.72. The second-order valence-corrected chi connectivity index (χ2v) is 9.02. The Hall–Kier alpha value is -1.39. The Kier molecular flexibility index (Phi) is 5.49. The molecule has 2 atom stereocenters. The summed E-state index contributed by atoms with van der Waals surface area (Å²) < 4.78 is 0. The van der Waals surface area contributed by atoms with Crippen molar-refractivity contribution in [2.45, 2.75) is 64.5 Å². The third-order valence-corrected chi connectivity index (χ3v) is 5.73. The van der Waals surface area contributed by atoms with Gasteiger partial charge in [0.1, 0.15) is 0 Å². The molecule has 0 aromatic heterocycles. The molecule has 0 spiro atoms. The molecule has 1 aromatic carbocycles. The Morgan fingerprint density at radius 3 is 2.52 bits per heavy atom. The molecule has 2 aliphatic rings. The van der Waals surface area contributed by atoms with Crippen LogP contribution in [0.4, 0.5) is 0 Å². The van der Waals surface area contributed by atoms with Crippen LogP contribution in [0.15, 0.2) is 24.3 Å². The van der Waals surface area contributed by atoms with E-state index in [1.807, 2.05) is 18.2 Å². The first kappa shape index (κ1) is 18.4. The van der Waals surface area contributed by atoms with Crippen LogP contribution < -0.4 is 11.1 Å². The van der Waals surface area contributed by atoms with Gasteiger partial charge in [-0.3, -0.25) is 9.69 Å². The molecular weight excluding hydrogens is 310 g/mol. The van der Waals surface area contributed by atoms with Crippen molar-refractivity contribution in [2.75, 3.05) is 19.6 Å². The van der Waals surface area contributed by atoms with Gasteiger partial charge in [-0.2, -0.15) is 0 Å². The Bertz CT molecular complexity index is 593. The van der Waals surface area contributed by atoms with E-state index in [9.17, 15) is 4.79 Å². The topological polar surface area (TPSA) is 58.4 Å². The Morgan fingerprint density at radius 1 is 1.24 bits per heavy atom. The van der Waals surface area contributed by atoms with Gasteiger partial charge < -0.3 is 11.1 Å². The molecule has 3 rings (SSSR count). The molecule has 0 radical (unpaired) electrons. The maximum Gasteiger partial charge on any atom is 0.248 e. The summed E-state index contributed by atoms with van der Waals surface area (Å²) in [6.45, 7) is 10.1. The Balaban J connectivity index is 1.57. The van der Waals surface area contributed by atoms with Gasteiger partial charge in [-0.15, -0.1) is 0 Å². The second-order valence-electron chi connectivity index (χ2n) is 9.02. The number of piperidine rings is 1. The van der Waals surface area contributed by atoms with Crippen LogP contribution in [0.3, 0.4) is 0 Å². The summed E-state index contributed by atoms with van der Waals surface area (Å²) in [5, 5.41) is 3.61. The normalized spacial score (nSPS) is 26.8. The SMILES string of the molecule is CC(C)(C)CNCCN1C2CCC1CC(c1cccc(C(N)=O)c1)C2. The molecule has 0 saturated carbocycles. The lowest BCUT2D eigenvalue weighted by molar-refractivity contribution is 0.1000. The summed E-state index contributed by atoms with van der Waals surface area (Å²) in [6.07, 6.45) is 5.04. The summed E-state index contributed by atoms with van der Waals surface area (Å²) >= 11 is 0. The Morgan fingerprint density at radius 2 is 1.92 bits per heavy atom. The highest BCUT2D eigenvalue weighted by Crippen LogP contribution is 2.42. The van der Waals surface area contributed by atoms with Crippen LogP contribution in [0, 0.1) is 5.41 Å². The molecule has 1 amide bonds. The van der Waals surface area contributed by atoms with E-state index in [1.165, 1.54) is 31.2 Å². The standard InChI is InChI=1S/C21H33N3O/c1-21(2,3)14-23-9-10-24-18-7-8-19(24)13-17(12-18)15-5-4-6-16(11-15)20(22)25/h4-6,11,17-19,23H,7-10,12-14H2,1-3H3,(H2,22,25). The van der Waals surface area contributed by atoms with Crippen LogP contribution in [0.25, 0.3) is 0 Å². The number of hydrogen-bond acceptors (Lipinski definition) is 3. The fourth-order valence-electron chi connectivity index (χ4n) is 4.53. The minimum absolute atomic E-state index is 0.327. The predicted octanol–water partition coefficient (Wildman–Crippen LogP) is 3.13. The first-order chi connectivity index (χ1) is 11.8. The summed E-state index contributed by atoms with van der Waals surface area (Å²) in [6, 6.07) is 9.34. The van der Waals surface area contributed by atoms with Crippen molar-refractivity contribution in [3.05, 3.63) is 35.4 Å². The van der Waals surface area contributed by atoms with Gasteiger partial charge in [-0.25, -0.2) is 0 Å². The average molecular weight is 344 g/mol. The largest absolute Gasteiger partial charge is 0.366 e. The zero-order valence-corrected chi connectivity index (χ0v) is 15.9. The van der Waals surface area contributed by atoms with Crippen molar-refractivity contribution >= 4 is 5.91 Å². The number of amides is 1. The van der Waals surface area contributed by atoms with Crippen molar-refractivity contribution in [2.24, 2.45) is 11.1 Å². The van der Waals surface area contributed by atoms with Crippen LogP contribution in [-0.2, 0) is 0 Å². The first-order valence-corrected chi connectivity index (χ1v) is 9.70. The third-order valence-electron chi connectivity index (χ3n) is 5.73. The second kappa shape index (κ2) is 7.46. The third kappa shape index (κ3) is 4.62. The molecule has 2 fully saturated rings. The van der Waals surface area contributed by atoms with Crippen molar-refractivity contribution in [1.29, 1.82) is 0 Å². The van der Waals surface area contributed by atoms with Crippen molar-refractivity contribution in [3.8, 4) is 0 Å². The molecule has 2 aliphatic heterocycles. The minimum atomic E-state index is -0.327. The zero-order chi connectivity index (χ0) is 18.0. The number of primary amides is 1. The number of nitrogens with two attached hydrogens (primary N) is 1. The molecule has 4 heteroatoms. The van der Waals surface area contributed by atoms with Gasteiger partial charge in [-0.05, 0) is 54.7 Å². The van der Waals surface area contributed by atoms with E-state index in [0.29, 0.717) is 29.0 Å². The molecular formula is C21H33N3O. The van der Waals surface area contributed by atoms with Crippen LogP contribution in [0.2, 0.25) is 0 Å². The number of hydrogen-bond donors (Lipinski definition) is 2. The molecule has 3 N–H and O–H groups in total. The van der Waals surface area contributed by atoms with E-state index >= 15 is 0 Å². The number of nitrogens with one attached hydrogen (secondary N) is 1. The van der Waals surface area contributed by atoms with Crippen LogP contribution in [-0.4, -0.2) is 42.5 Å². The fourth-order valence-corrected chi connectivity index (χ4v) is 4.53. The summed E-state index contributed by atoms with van der Waals surface area (Å²) in [7, 11) is 0. The van der Waals surface area contributed by atoms with Gasteiger partial charge >= 0.3 is 0 Å². The van der Waals surface area contributed by atoms with Crippen molar-refractivity contribution in [1.82, 2.24) is 10.2 Å². The molecule has 138 valence electrons. The summed E-state index contributed by atoms with van der Waals surface area (Å²) in [5.74, 6) is 0.239. The van der Waals surface area contributed by atoms with E-state index in [1.54, 1.807) is 0 Å². The van der Waals surface area contributed by atoms with Gasteiger partial charge in [0.05, 0.1) is 0 Å². The highest BCUT2D eigenvalue weighted by atomic mass is 16.1. The first-order valence-electron chi connectivity index (χ1n) is 9.70. The lowest BCUT2D eigenvalue weighted by Gasteiger charge is -2.39. The number of benzene rings is 1. The van der Waals surface area contributed by atoms with Crippen LogP contribution in [0.1, 0.15) is 68.3 Å². The van der Waals surface area contributed by atoms with Gasteiger partial charge in [0, 0.05) is 37.3 Å². The van der Waals surface area contributed by atoms with Crippen LogP contribution >= 0.6 is 0 Å². The molecule has 2 heterocycles. The zero-order valence-electron chi connectivity index (χ0n) is 15.9. The monoisotopic (exact) mass is 343 g/mol. The average Bonchev–Trinajstić information content (AvgIpc) is 2.78. The number of carbonyl (C=O) groups excluding carboxylic acids is 1. The molecule has 0 aliphatic carbocycles. The van der Waals surface area contributed by atoms with E-state index in [4.69, 9.17) is 5.73 Å². The van der Waals surface area contributed by atoms with Gasteiger partial charge in [0.2, 0.25) is 5.91 Å². The van der Waals surface area contributed by atoms with Gasteiger partial charge in [0.25, 0.3) is 0 Å². The number of rotatable bonds is 6. The molecule has 4 nitrogen and oxygen atoms in total. The number of nitrogens with zero attached hydrogens (tertiary/aromatic N) is 1. The number of carbonyl (C=O) groups is 1. The maximum atomic E-state index is 11.5. The molecule has 2 saturated heterocycles. The lowest BCUT2D eigenvalue weighted by Crippen LogP contribution is -2.45. The van der Waals surface area contributed by atoms with Crippen molar-refractivity contribution < 1.29 is 4.79 Å². The van der Waals surface area contributed by atoms with Gasteiger partial charge in [0.15, 0.2) is 0 Å². The highest BCUT2D eigenvalue weighted by molar-refractivity contribution is 5.92. The molecule has 2 unspecified atom stereocenters. The number of fused-ring (bicyclic) bond motifs is 2. The quantitative estimate of drug-likeness (QED) is 0.780. The fraction of sp³-hybridized carbons (Fsp3) is 0.667. The predicted molar refractivity (Wildman–Crippen MR) is 103 cm³/mol. The van der Waals surface area contributed by atoms with E-state index in [-0.39, 0.29) is 5.91 Å². The highest BCUT2D eigenvalue weighted by Gasteiger charge is 2.40. The lowest BCUT2D eigenvalue weighted by atomic mass is 9.84.